The summed E-state index contributed by atoms with van der Waals surface area (Å²) in [4.78, 5) is 12.1. The average Bonchev–Trinajstić information content (AvgIpc) is 2.38. The van der Waals surface area contributed by atoms with E-state index in [0.717, 1.165) is 12.0 Å². The number of esters is 1. The maximum Gasteiger partial charge on any atom is 0.338 e. The standard InChI is InChI=1S/C14H19NO3S/c1-2-7-17-8-9-18-14(16)12-5-3-11(4-6-12)10-13(15)19/h3-6H,2,7-10H2,1H3,(H2,15,19). The van der Waals surface area contributed by atoms with Gasteiger partial charge in [0.05, 0.1) is 17.2 Å². The molecule has 0 saturated carbocycles. The highest BCUT2D eigenvalue weighted by Crippen LogP contribution is 2.07. The predicted molar refractivity (Wildman–Crippen MR) is 78.3 cm³/mol. The molecule has 5 heteroatoms. The van der Waals surface area contributed by atoms with Crippen molar-refractivity contribution in [2.75, 3.05) is 19.8 Å². The molecule has 1 aromatic rings. The van der Waals surface area contributed by atoms with E-state index in [1.807, 2.05) is 19.1 Å². The SMILES string of the molecule is CCCOCCOC(=O)c1ccc(CC(N)=S)cc1. The number of ether oxygens (including phenoxy) is 2. The predicted octanol–water partition coefficient (Wildman–Crippen LogP) is 2.10. The Morgan fingerprint density at radius 1 is 1.21 bits per heavy atom. The molecule has 0 fully saturated rings. The fraction of sp³-hybridized carbons (Fsp3) is 0.429. The van der Waals surface area contributed by atoms with Crippen LogP contribution in [0.5, 0.6) is 0 Å². The molecule has 0 heterocycles. The van der Waals surface area contributed by atoms with Crippen LogP contribution in [0.15, 0.2) is 24.3 Å². The molecule has 0 bridgehead atoms. The Bertz CT molecular complexity index is 417. The summed E-state index contributed by atoms with van der Waals surface area (Å²) in [6, 6.07) is 7.07. The minimum absolute atomic E-state index is 0.271. The highest BCUT2D eigenvalue weighted by atomic mass is 32.1. The van der Waals surface area contributed by atoms with Gasteiger partial charge in [-0.3, -0.25) is 0 Å². The molecule has 1 rings (SSSR count). The lowest BCUT2D eigenvalue weighted by atomic mass is 10.1. The number of thiocarbonyl (C=S) groups is 1. The van der Waals surface area contributed by atoms with Crippen LogP contribution in [0.3, 0.4) is 0 Å². The molecule has 0 saturated heterocycles. The Kier molecular flexibility index (Phi) is 7.07. The molecule has 1 aromatic carbocycles. The summed E-state index contributed by atoms with van der Waals surface area (Å²) in [5.74, 6) is -0.345. The third kappa shape index (κ3) is 6.31. The molecule has 0 amide bonds. The van der Waals surface area contributed by atoms with E-state index in [4.69, 9.17) is 27.4 Å². The van der Waals surface area contributed by atoms with E-state index < -0.39 is 0 Å². The lowest BCUT2D eigenvalue weighted by Crippen LogP contribution is -2.12. The van der Waals surface area contributed by atoms with Crippen molar-refractivity contribution in [1.29, 1.82) is 0 Å². The first-order chi connectivity index (χ1) is 9.13. The Morgan fingerprint density at radius 3 is 2.47 bits per heavy atom. The van der Waals surface area contributed by atoms with Gasteiger partial charge < -0.3 is 15.2 Å². The summed E-state index contributed by atoms with van der Waals surface area (Å²) in [7, 11) is 0. The van der Waals surface area contributed by atoms with Gasteiger partial charge in [0.1, 0.15) is 6.61 Å². The van der Waals surface area contributed by atoms with Gasteiger partial charge >= 0.3 is 5.97 Å². The van der Waals surface area contributed by atoms with E-state index in [1.54, 1.807) is 12.1 Å². The lowest BCUT2D eigenvalue weighted by molar-refractivity contribution is 0.0318. The topological polar surface area (TPSA) is 61.5 Å². The first-order valence-electron chi connectivity index (χ1n) is 6.25. The van der Waals surface area contributed by atoms with Crippen molar-refractivity contribution in [3.63, 3.8) is 0 Å². The summed E-state index contributed by atoms with van der Waals surface area (Å²) in [5.41, 5.74) is 6.95. The number of hydrogen-bond donors (Lipinski definition) is 1. The van der Waals surface area contributed by atoms with E-state index in [9.17, 15) is 4.79 Å². The van der Waals surface area contributed by atoms with Crippen molar-refractivity contribution in [3.05, 3.63) is 35.4 Å². The minimum atomic E-state index is -0.345. The summed E-state index contributed by atoms with van der Waals surface area (Å²) < 4.78 is 10.3. The molecule has 0 radical (unpaired) electrons. The number of benzene rings is 1. The highest BCUT2D eigenvalue weighted by molar-refractivity contribution is 7.80. The Morgan fingerprint density at radius 2 is 1.89 bits per heavy atom. The van der Waals surface area contributed by atoms with Gasteiger partial charge in [0.2, 0.25) is 0 Å². The molecule has 0 aliphatic rings. The van der Waals surface area contributed by atoms with Gasteiger partial charge in [0.15, 0.2) is 0 Å². The monoisotopic (exact) mass is 281 g/mol. The number of carbonyl (C=O) groups excluding carboxylic acids is 1. The maximum atomic E-state index is 11.7. The van der Waals surface area contributed by atoms with Crippen molar-refractivity contribution < 1.29 is 14.3 Å². The average molecular weight is 281 g/mol. The fourth-order valence-electron chi connectivity index (χ4n) is 1.48. The van der Waals surface area contributed by atoms with Crippen molar-refractivity contribution in [1.82, 2.24) is 0 Å². The van der Waals surface area contributed by atoms with Gasteiger partial charge in [0.25, 0.3) is 0 Å². The van der Waals surface area contributed by atoms with Crippen LogP contribution < -0.4 is 5.73 Å². The van der Waals surface area contributed by atoms with Gasteiger partial charge in [0, 0.05) is 13.0 Å². The lowest BCUT2D eigenvalue weighted by Gasteiger charge is -2.06. The molecule has 19 heavy (non-hydrogen) atoms. The van der Waals surface area contributed by atoms with Crippen molar-refractivity contribution >= 4 is 23.2 Å². The van der Waals surface area contributed by atoms with Crippen molar-refractivity contribution in [2.24, 2.45) is 5.73 Å². The third-order valence-corrected chi connectivity index (χ3v) is 2.52. The smallest absolute Gasteiger partial charge is 0.338 e. The number of rotatable bonds is 8. The summed E-state index contributed by atoms with van der Waals surface area (Å²) in [6.45, 7) is 3.42. The second-order valence-electron chi connectivity index (χ2n) is 4.09. The second-order valence-corrected chi connectivity index (χ2v) is 4.61. The van der Waals surface area contributed by atoms with Crippen molar-refractivity contribution in [3.8, 4) is 0 Å². The van der Waals surface area contributed by atoms with Crippen LogP contribution in [0.4, 0.5) is 0 Å². The zero-order valence-electron chi connectivity index (χ0n) is 11.1. The van der Waals surface area contributed by atoms with E-state index in [1.165, 1.54) is 0 Å². The molecule has 0 unspecified atom stereocenters. The first kappa shape index (κ1) is 15.6. The molecule has 0 aromatic heterocycles. The zero-order valence-corrected chi connectivity index (χ0v) is 11.9. The zero-order chi connectivity index (χ0) is 14.1. The molecule has 0 spiro atoms. The third-order valence-electron chi connectivity index (χ3n) is 2.38. The molecule has 0 aliphatic carbocycles. The molecular weight excluding hydrogens is 262 g/mol. The number of carbonyl (C=O) groups is 1. The largest absolute Gasteiger partial charge is 0.460 e. The highest BCUT2D eigenvalue weighted by Gasteiger charge is 2.06. The molecule has 2 N–H and O–H groups in total. The van der Waals surface area contributed by atoms with E-state index in [-0.39, 0.29) is 12.6 Å². The normalized spacial score (nSPS) is 10.2. The molecular formula is C14H19NO3S. The van der Waals surface area contributed by atoms with Crippen LogP contribution in [0, 0.1) is 0 Å². The van der Waals surface area contributed by atoms with Crippen LogP contribution >= 0.6 is 12.2 Å². The van der Waals surface area contributed by atoms with Crippen LogP contribution in [0.25, 0.3) is 0 Å². The van der Waals surface area contributed by atoms with Gasteiger partial charge in [-0.2, -0.15) is 0 Å². The van der Waals surface area contributed by atoms with Crippen LogP contribution in [-0.4, -0.2) is 30.8 Å². The fourth-order valence-corrected chi connectivity index (χ4v) is 1.65. The maximum absolute atomic E-state index is 11.7. The van der Waals surface area contributed by atoms with Crippen LogP contribution in [-0.2, 0) is 15.9 Å². The van der Waals surface area contributed by atoms with Gasteiger partial charge in [-0.1, -0.05) is 31.3 Å². The Labute approximate surface area is 118 Å². The summed E-state index contributed by atoms with van der Waals surface area (Å²) in [5, 5.41) is 0. The van der Waals surface area contributed by atoms with Gasteiger partial charge in [-0.25, -0.2) is 4.79 Å². The van der Waals surface area contributed by atoms with Gasteiger partial charge in [-0.15, -0.1) is 0 Å². The van der Waals surface area contributed by atoms with E-state index >= 15 is 0 Å². The summed E-state index contributed by atoms with van der Waals surface area (Å²) in [6.07, 6.45) is 1.49. The second kappa shape index (κ2) is 8.61. The minimum Gasteiger partial charge on any atom is -0.460 e. The molecule has 0 aliphatic heterocycles. The molecule has 0 atom stereocenters. The van der Waals surface area contributed by atoms with Crippen LogP contribution in [0.1, 0.15) is 29.3 Å². The van der Waals surface area contributed by atoms with E-state index in [0.29, 0.717) is 30.2 Å². The van der Waals surface area contributed by atoms with Crippen LogP contribution in [0.2, 0.25) is 0 Å². The number of hydrogen-bond acceptors (Lipinski definition) is 4. The summed E-state index contributed by atoms with van der Waals surface area (Å²) >= 11 is 4.83. The number of nitrogens with two attached hydrogens (primary N) is 1. The molecule has 4 nitrogen and oxygen atoms in total. The van der Waals surface area contributed by atoms with E-state index in [2.05, 4.69) is 0 Å². The van der Waals surface area contributed by atoms with Crippen molar-refractivity contribution in [2.45, 2.75) is 19.8 Å². The quantitative estimate of drug-likeness (QED) is 0.449. The Hall–Kier alpha value is -1.46. The Balaban J connectivity index is 2.38. The first-order valence-corrected chi connectivity index (χ1v) is 6.66. The molecule has 104 valence electrons. The van der Waals surface area contributed by atoms with Gasteiger partial charge in [-0.05, 0) is 24.1 Å².